The van der Waals surface area contributed by atoms with E-state index in [2.05, 4.69) is 17.2 Å². The van der Waals surface area contributed by atoms with Crippen LogP contribution in [-0.4, -0.2) is 63.3 Å². The minimum Gasteiger partial charge on any atom is -0.463 e. The third-order valence-electron chi connectivity index (χ3n) is 5.23. The summed E-state index contributed by atoms with van der Waals surface area (Å²) in [4.78, 5) is 36.1. The van der Waals surface area contributed by atoms with E-state index in [0.29, 0.717) is 19.8 Å². The average Bonchev–Trinajstić information content (AvgIpc) is 2.65. The first-order valence-electron chi connectivity index (χ1n) is 10.9. The minimum absolute atomic E-state index is 0.0602. The summed E-state index contributed by atoms with van der Waals surface area (Å²) >= 11 is 0. The maximum atomic E-state index is 12.2. The molecule has 0 spiro atoms. The van der Waals surface area contributed by atoms with Gasteiger partial charge in [-0.3, -0.25) is 4.79 Å². The molecule has 32 heavy (non-hydrogen) atoms. The summed E-state index contributed by atoms with van der Waals surface area (Å²) in [6.07, 6.45) is -2.07. The fourth-order valence-electron chi connectivity index (χ4n) is 3.99. The Morgan fingerprint density at radius 2 is 1.31 bits per heavy atom. The first-order valence-corrected chi connectivity index (χ1v) is 10.9. The van der Waals surface area contributed by atoms with E-state index in [1.165, 1.54) is 0 Å². The lowest BCUT2D eigenvalue weighted by molar-refractivity contribution is -0.244. The van der Waals surface area contributed by atoms with Crippen molar-refractivity contribution in [3.63, 3.8) is 0 Å². The highest BCUT2D eigenvalue weighted by atomic mass is 16.6. The largest absolute Gasteiger partial charge is 0.463 e. The Labute approximate surface area is 191 Å². The van der Waals surface area contributed by atoms with Crippen LogP contribution in [-0.2, 0) is 23.7 Å². The van der Waals surface area contributed by atoms with Crippen LogP contribution >= 0.6 is 0 Å². The molecule has 1 rings (SSSR count). The molecule has 1 saturated carbocycles. The second-order valence-corrected chi connectivity index (χ2v) is 10.5. The SMILES string of the molecule is C=C(C)COCCNC(=O)O[C@H]1C(C)(C)[C@@H](OC(=O)NCCOC(=O)C(C)(C)C)C1(C)C. The van der Waals surface area contributed by atoms with Crippen molar-refractivity contribution in [1.29, 1.82) is 0 Å². The minimum atomic E-state index is -0.611. The molecule has 0 unspecified atom stereocenters. The molecule has 9 heteroatoms. The Bertz CT molecular complexity index is 679. The fourth-order valence-corrected chi connectivity index (χ4v) is 3.99. The number of amides is 2. The van der Waals surface area contributed by atoms with Gasteiger partial charge in [-0.2, -0.15) is 0 Å². The number of nitrogens with one attached hydrogen (secondary N) is 2. The monoisotopic (exact) mass is 456 g/mol. The third kappa shape index (κ3) is 7.69. The molecule has 0 atom stereocenters. The molecule has 184 valence electrons. The van der Waals surface area contributed by atoms with Crippen LogP contribution in [0.1, 0.15) is 55.4 Å². The Kier molecular flexibility index (Phi) is 9.56. The van der Waals surface area contributed by atoms with Crippen molar-refractivity contribution in [2.24, 2.45) is 16.2 Å². The van der Waals surface area contributed by atoms with Gasteiger partial charge in [-0.15, -0.1) is 0 Å². The van der Waals surface area contributed by atoms with E-state index in [1.54, 1.807) is 20.8 Å². The highest BCUT2D eigenvalue weighted by Gasteiger charge is 2.66. The Morgan fingerprint density at radius 3 is 1.72 bits per heavy atom. The third-order valence-corrected chi connectivity index (χ3v) is 5.23. The van der Waals surface area contributed by atoms with Crippen molar-refractivity contribution in [2.75, 3.05) is 32.9 Å². The number of hydrogen-bond donors (Lipinski definition) is 2. The number of alkyl carbamates (subject to hydrolysis) is 2. The maximum Gasteiger partial charge on any atom is 0.407 e. The van der Waals surface area contributed by atoms with Crippen molar-refractivity contribution in [3.8, 4) is 0 Å². The number of rotatable bonds is 10. The molecule has 2 amide bonds. The zero-order valence-corrected chi connectivity index (χ0v) is 20.8. The summed E-state index contributed by atoms with van der Waals surface area (Å²) in [6.45, 7) is 19.7. The predicted molar refractivity (Wildman–Crippen MR) is 120 cm³/mol. The highest BCUT2D eigenvalue weighted by molar-refractivity contribution is 5.75. The van der Waals surface area contributed by atoms with Gasteiger partial charge < -0.3 is 29.6 Å². The smallest absolute Gasteiger partial charge is 0.407 e. The average molecular weight is 457 g/mol. The Morgan fingerprint density at radius 1 is 0.875 bits per heavy atom. The summed E-state index contributed by atoms with van der Waals surface area (Å²) < 4.78 is 21.7. The Hall–Kier alpha value is -2.29. The van der Waals surface area contributed by atoms with Crippen molar-refractivity contribution < 1.29 is 33.3 Å². The number of esters is 1. The van der Waals surface area contributed by atoms with Gasteiger partial charge in [0.2, 0.25) is 0 Å². The molecule has 9 nitrogen and oxygen atoms in total. The Balaban J connectivity index is 2.44. The van der Waals surface area contributed by atoms with E-state index in [1.807, 2.05) is 34.6 Å². The van der Waals surface area contributed by atoms with Crippen LogP contribution in [0.5, 0.6) is 0 Å². The van der Waals surface area contributed by atoms with Crippen molar-refractivity contribution in [3.05, 3.63) is 12.2 Å². The molecule has 0 aromatic carbocycles. The molecule has 0 saturated heterocycles. The molecular weight excluding hydrogens is 416 g/mol. The molecule has 0 radical (unpaired) electrons. The van der Waals surface area contributed by atoms with Crippen LogP contribution in [0, 0.1) is 16.2 Å². The van der Waals surface area contributed by atoms with Crippen LogP contribution < -0.4 is 10.6 Å². The second kappa shape index (κ2) is 11.0. The van der Waals surface area contributed by atoms with Gasteiger partial charge in [0.25, 0.3) is 0 Å². The van der Waals surface area contributed by atoms with Gasteiger partial charge in [0.05, 0.1) is 25.2 Å². The first-order chi connectivity index (χ1) is 14.6. The van der Waals surface area contributed by atoms with Gasteiger partial charge in [0, 0.05) is 17.4 Å². The van der Waals surface area contributed by atoms with Gasteiger partial charge in [-0.1, -0.05) is 39.8 Å². The summed E-state index contributed by atoms with van der Waals surface area (Å²) in [5.74, 6) is -0.338. The molecule has 2 N–H and O–H groups in total. The highest BCUT2D eigenvalue weighted by Crippen LogP contribution is 2.57. The van der Waals surface area contributed by atoms with Gasteiger partial charge >= 0.3 is 18.2 Å². The van der Waals surface area contributed by atoms with Crippen molar-refractivity contribution in [2.45, 2.75) is 67.6 Å². The number of carbonyl (C=O) groups excluding carboxylic acids is 3. The quantitative estimate of drug-likeness (QED) is 0.224. The first kappa shape index (κ1) is 27.7. The zero-order chi connectivity index (χ0) is 24.7. The molecule has 1 aliphatic rings. The van der Waals surface area contributed by atoms with E-state index in [4.69, 9.17) is 18.9 Å². The van der Waals surface area contributed by atoms with Crippen molar-refractivity contribution in [1.82, 2.24) is 10.6 Å². The lowest BCUT2D eigenvalue weighted by Crippen LogP contribution is -2.70. The van der Waals surface area contributed by atoms with Gasteiger partial charge in [-0.25, -0.2) is 9.59 Å². The van der Waals surface area contributed by atoms with Crippen LogP contribution in [0.25, 0.3) is 0 Å². The lowest BCUT2D eigenvalue weighted by Gasteiger charge is -2.61. The van der Waals surface area contributed by atoms with E-state index < -0.39 is 40.6 Å². The molecule has 1 fully saturated rings. The lowest BCUT2D eigenvalue weighted by atomic mass is 9.51. The second-order valence-electron chi connectivity index (χ2n) is 10.5. The molecule has 0 aromatic heterocycles. The van der Waals surface area contributed by atoms with Crippen LogP contribution in [0.15, 0.2) is 12.2 Å². The normalized spacial score (nSPS) is 21.0. The number of ether oxygens (including phenoxy) is 4. The molecule has 0 aliphatic heterocycles. The summed E-state index contributed by atoms with van der Waals surface area (Å²) in [6, 6.07) is 0. The fraction of sp³-hybridized carbons (Fsp3) is 0.783. The van der Waals surface area contributed by atoms with E-state index >= 15 is 0 Å². The maximum absolute atomic E-state index is 12.2. The van der Waals surface area contributed by atoms with Gasteiger partial charge in [0.1, 0.15) is 18.8 Å². The van der Waals surface area contributed by atoms with E-state index in [0.717, 1.165) is 5.57 Å². The summed E-state index contributed by atoms with van der Waals surface area (Å²) in [5.41, 5.74) is -0.841. The topological polar surface area (TPSA) is 112 Å². The van der Waals surface area contributed by atoms with Gasteiger partial charge in [-0.05, 0) is 27.7 Å². The predicted octanol–water partition coefficient (Wildman–Crippen LogP) is 3.42. The number of carbonyl (C=O) groups is 3. The van der Waals surface area contributed by atoms with E-state index in [-0.39, 0.29) is 19.1 Å². The van der Waals surface area contributed by atoms with E-state index in [9.17, 15) is 14.4 Å². The summed E-state index contributed by atoms with van der Waals surface area (Å²) in [5, 5.41) is 5.25. The van der Waals surface area contributed by atoms with Crippen molar-refractivity contribution >= 4 is 18.2 Å². The number of hydrogen-bond acceptors (Lipinski definition) is 7. The van der Waals surface area contributed by atoms with Crippen LogP contribution in [0.3, 0.4) is 0 Å². The molecule has 1 aliphatic carbocycles. The van der Waals surface area contributed by atoms with Crippen LogP contribution in [0.4, 0.5) is 9.59 Å². The molecule has 0 heterocycles. The summed E-state index contributed by atoms with van der Waals surface area (Å²) in [7, 11) is 0. The molecular formula is C23H40N2O7. The molecule has 0 aromatic rings. The zero-order valence-electron chi connectivity index (χ0n) is 20.8. The molecule has 0 bridgehead atoms. The van der Waals surface area contributed by atoms with Crippen LogP contribution in [0.2, 0.25) is 0 Å². The standard InChI is InChI=1S/C23H40N2O7/c1-15(2)14-29-12-10-24-19(27)31-16-22(6,7)17(23(16,8)9)32-20(28)25-11-13-30-18(26)21(3,4)5/h16-17H,1,10-14H2,2-9H3,(H,24,27)(H,25,28)/t16-,17+. The van der Waals surface area contributed by atoms with Gasteiger partial charge in [0.15, 0.2) is 0 Å².